The predicted molar refractivity (Wildman–Crippen MR) is 73.5 cm³/mol. The highest BCUT2D eigenvalue weighted by Crippen LogP contribution is 2.20. The van der Waals surface area contributed by atoms with Crippen LogP contribution < -0.4 is 5.32 Å². The van der Waals surface area contributed by atoms with Gasteiger partial charge in [-0.15, -0.1) is 0 Å². The van der Waals surface area contributed by atoms with Crippen molar-refractivity contribution in [2.24, 2.45) is 11.8 Å². The lowest BCUT2D eigenvalue weighted by Gasteiger charge is -2.36. The Balaban J connectivity index is 2.51. The summed E-state index contributed by atoms with van der Waals surface area (Å²) < 4.78 is 5.12. The molecule has 1 rings (SSSR count). The Morgan fingerprint density at radius 3 is 2.44 bits per heavy atom. The van der Waals surface area contributed by atoms with Gasteiger partial charge in [-0.05, 0) is 31.7 Å². The molecule has 1 saturated heterocycles. The molecule has 0 bridgehead atoms. The molecule has 1 aliphatic heterocycles. The minimum Gasteiger partial charge on any atom is -0.465 e. The Morgan fingerprint density at radius 1 is 1.33 bits per heavy atom. The number of nitrogens with one attached hydrogen (secondary N) is 1. The fraction of sp³-hybridized carbons (Fsp3) is 0.929. The highest BCUT2D eigenvalue weighted by atomic mass is 16.5. The fourth-order valence-corrected chi connectivity index (χ4v) is 2.91. The molecule has 1 heterocycles. The average molecular weight is 256 g/mol. The number of hydrogen-bond acceptors (Lipinski definition) is 4. The molecule has 0 aliphatic carbocycles. The molecule has 3 unspecified atom stereocenters. The van der Waals surface area contributed by atoms with E-state index in [4.69, 9.17) is 4.74 Å². The average Bonchev–Trinajstić information content (AvgIpc) is 2.27. The van der Waals surface area contributed by atoms with Crippen LogP contribution in [0.4, 0.5) is 0 Å². The van der Waals surface area contributed by atoms with Crippen molar-refractivity contribution in [2.75, 3.05) is 32.8 Å². The van der Waals surface area contributed by atoms with Crippen LogP contribution in [0.25, 0.3) is 0 Å². The number of esters is 1. The van der Waals surface area contributed by atoms with E-state index in [1.165, 1.54) is 6.42 Å². The Hall–Kier alpha value is -0.610. The zero-order chi connectivity index (χ0) is 13.5. The third-order valence-corrected chi connectivity index (χ3v) is 3.41. The highest BCUT2D eigenvalue weighted by Gasteiger charge is 2.27. The number of likely N-dealkylation sites (tertiary alicyclic amines) is 1. The molecule has 1 aliphatic rings. The normalized spacial score (nSPS) is 26.9. The smallest absolute Gasteiger partial charge is 0.324 e. The zero-order valence-corrected chi connectivity index (χ0v) is 12.2. The molecule has 3 atom stereocenters. The summed E-state index contributed by atoms with van der Waals surface area (Å²) in [6, 6.07) is -0.188. The summed E-state index contributed by atoms with van der Waals surface area (Å²) in [5.41, 5.74) is 0. The highest BCUT2D eigenvalue weighted by molar-refractivity contribution is 5.76. The zero-order valence-electron chi connectivity index (χ0n) is 12.2. The lowest BCUT2D eigenvalue weighted by atomic mass is 9.91. The second-order valence-electron chi connectivity index (χ2n) is 5.53. The van der Waals surface area contributed by atoms with E-state index < -0.39 is 0 Å². The minimum atomic E-state index is -0.188. The van der Waals surface area contributed by atoms with Gasteiger partial charge >= 0.3 is 5.97 Å². The maximum atomic E-state index is 11.9. The van der Waals surface area contributed by atoms with Gasteiger partial charge in [0.15, 0.2) is 0 Å². The van der Waals surface area contributed by atoms with Crippen molar-refractivity contribution in [2.45, 2.75) is 40.2 Å². The van der Waals surface area contributed by atoms with Gasteiger partial charge in [-0.25, -0.2) is 0 Å². The van der Waals surface area contributed by atoms with E-state index in [1.54, 1.807) is 0 Å². The van der Waals surface area contributed by atoms with Crippen molar-refractivity contribution in [3.05, 3.63) is 0 Å². The first-order chi connectivity index (χ1) is 8.56. The van der Waals surface area contributed by atoms with Crippen molar-refractivity contribution >= 4 is 5.97 Å². The summed E-state index contributed by atoms with van der Waals surface area (Å²) in [4.78, 5) is 14.3. The van der Waals surface area contributed by atoms with E-state index in [2.05, 4.69) is 24.1 Å². The molecule has 4 heteroatoms. The molecule has 0 amide bonds. The molecular formula is C14H28N2O2. The van der Waals surface area contributed by atoms with Crippen LogP contribution in [-0.4, -0.2) is 49.7 Å². The summed E-state index contributed by atoms with van der Waals surface area (Å²) in [5, 5.41) is 3.23. The third-order valence-electron chi connectivity index (χ3n) is 3.41. The van der Waals surface area contributed by atoms with Gasteiger partial charge in [0.2, 0.25) is 0 Å². The number of carbonyl (C=O) groups is 1. The molecule has 0 aromatic rings. The molecule has 0 aromatic heterocycles. The van der Waals surface area contributed by atoms with Crippen LogP contribution in [0.15, 0.2) is 0 Å². The van der Waals surface area contributed by atoms with Gasteiger partial charge in [0, 0.05) is 19.6 Å². The van der Waals surface area contributed by atoms with Crippen LogP contribution in [0.1, 0.15) is 34.1 Å². The standard InChI is InChI=1S/C14H28N2O2/c1-5-15-13(14(17)18-6-2)10-16-8-11(3)7-12(4)9-16/h11-13,15H,5-10H2,1-4H3. The van der Waals surface area contributed by atoms with Gasteiger partial charge in [-0.2, -0.15) is 0 Å². The molecule has 0 spiro atoms. The molecule has 0 saturated carbocycles. The lowest BCUT2D eigenvalue weighted by molar-refractivity contribution is -0.146. The van der Waals surface area contributed by atoms with Gasteiger partial charge in [0.25, 0.3) is 0 Å². The summed E-state index contributed by atoms with van der Waals surface area (Å²) in [6.07, 6.45) is 1.29. The second kappa shape index (κ2) is 7.74. The largest absolute Gasteiger partial charge is 0.465 e. The van der Waals surface area contributed by atoms with E-state index in [1.807, 2.05) is 13.8 Å². The topological polar surface area (TPSA) is 41.6 Å². The summed E-state index contributed by atoms with van der Waals surface area (Å²) in [6.45, 7) is 12.6. The SMILES string of the molecule is CCNC(CN1CC(C)CC(C)C1)C(=O)OCC. The van der Waals surface area contributed by atoms with Gasteiger partial charge in [-0.1, -0.05) is 20.8 Å². The quantitative estimate of drug-likeness (QED) is 0.731. The first-order valence-electron chi connectivity index (χ1n) is 7.19. The van der Waals surface area contributed by atoms with E-state index in [0.717, 1.165) is 38.0 Å². The molecule has 1 fully saturated rings. The molecule has 1 N–H and O–H groups in total. The third kappa shape index (κ3) is 4.94. The van der Waals surface area contributed by atoms with Crippen molar-refractivity contribution in [1.82, 2.24) is 10.2 Å². The van der Waals surface area contributed by atoms with Gasteiger partial charge in [0.05, 0.1) is 6.61 Å². The Bertz CT molecular complexity index is 248. The van der Waals surface area contributed by atoms with Crippen LogP contribution in [0.3, 0.4) is 0 Å². The second-order valence-corrected chi connectivity index (χ2v) is 5.53. The summed E-state index contributed by atoms with van der Waals surface area (Å²) in [5.74, 6) is 1.32. The number of likely N-dealkylation sites (N-methyl/N-ethyl adjacent to an activating group) is 1. The molecule has 0 aromatic carbocycles. The Kier molecular flexibility index (Phi) is 6.65. The minimum absolute atomic E-state index is 0.120. The van der Waals surface area contributed by atoms with Gasteiger partial charge in [-0.3, -0.25) is 4.79 Å². The van der Waals surface area contributed by atoms with Crippen LogP contribution in [-0.2, 0) is 9.53 Å². The van der Waals surface area contributed by atoms with E-state index in [9.17, 15) is 4.79 Å². The molecule has 0 radical (unpaired) electrons. The first-order valence-corrected chi connectivity index (χ1v) is 7.19. The number of rotatable bonds is 6. The van der Waals surface area contributed by atoms with Crippen molar-refractivity contribution in [3.8, 4) is 0 Å². The number of carbonyl (C=O) groups excluding carboxylic acids is 1. The maximum Gasteiger partial charge on any atom is 0.324 e. The molecule has 4 nitrogen and oxygen atoms in total. The van der Waals surface area contributed by atoms with Crippen LogP contribution >= 0.6 is 0 Å². The van der Waals surface area contributed by atoms with E-state index in [-0.39, 0.29) is 12.0 Å². The molecule has 18 heavy (non-hydrogen) atoms. The first kappa shape index (κ1) is 15.4. The Labute approximate surface area is 111 Å². The van der Waals surface area contributed by atoms with Crippen molar-refractivity contribution < 1.29 is 9.53 Å². The van der Waals surface area contributed by atoms with Crippen LogP contribution in [0.2, 0.25) is 0 Å². The fourth-order valence-electron chi connectivity index (χ4n) is 2.91. The Morgan fingerprint density at radius 2 is 1.94 bits per heavy atom. The van der Waals surface area contributed by atoms with Crippen molar-refractivity contribution in [1.29, 1.82) is 0 Å². The van der Waals surface area contributed by atoms with Crippen LogP contribution in [0, 0.1) is 11.8 Å². The van der Waals surface area contributed by atoms with E-state index >= 15 is 0 Å². The van der Waals surface area contributed by atoms with E-state index in [0.29, 0.717) is 6.61 Å². The maximum absolute atomic E-state index is 11.9. The summed E-state index contributed by atoms with van der Waals surface area (Å²) in [7, 11) is 0. The van der Waals surface area contributed by atoms with Gasteiger partial charge < -0.3 is 15.0 Å². The predicted octanol–water partition coefficient (Wildman–Crippen LogP) is 1.51. The number of nitrogens with zero attached hydrogens (tertiary/aromatic N) is 1. The molecule has 106 valence electrons. The number of piperidine rings is 1. The van der Waals surface area contributed by atoms with Crippen LogP contribution in [0.5, 0.6) is 0 Å². The lowest BCUT2D eigenvalue weighted by Crippen LogP contribution is -2.50. The molecular weight excluding hydrogens is 228 g/mol. The summed E-state index contributed by atoms with van der Waals surface area (Å²) >= 11 is 0. The van der Waals surface area contributed by atoms with Crippen molar-refractivity contribution in [3.63, 3.8) is 0 Å². The number of hydrogen-bond donors (Lipinski definition) is 1. The van der Waals surface area contributed by atoms with Gasteiger partial charge in [0.1, 0.15) is 6.04 Å². The number of ether oxygens (including phenoxy) is 1. The monoisotopic (exact) mass is 256 g/mol.